The van der Waals surface area contributed by atoms with Gasteiger partial charge in [0, 0.05) is 37.5 Å². The summed E-state index contributed by atoms with van der Waals surface area (Å²) in [4.78, 5) is 7.25. The van der Waals surface area contributed by atoms with Crippen molar-refractivity contribution >= 4 is 17.7 Å². The van der Waals surface area contributed by atoms with Gasteiger partial charge in [0.05, 0.1) is 6.54 Å². The van der Waals surface area contributed by atoms with Crippen LogP contribution in [0.3, 0.4) is 0 Å². The zero-order chi connectivity index (χ0) is 17.4. The molecule has 0 aromatic heterocycles. The highest BCUT2D eigenvalue weighted by Crippen LogP contribution is 2.21. The first-order valence-corrected chi connectivity index (χ1v) is 10.1. The molecule has 0 atom stereocenters. The third-order valence-corrected chi connectivity index (χ3v) is 5.68. The lowest BCUT2D eigenvalue weighted by Gasteiger charge is -2.29. The maximum Gasteiger partial charge on any atom is 0.191 e. The molecule has 2 rings (SSSR count). The Hall–Kier alpha value is -1.20. The number of nitrogens with one attached hydrogen (secondary N) is 2. The van der Waals surface area contributed by atoms with E-state index in [2.05, 4.69) is 66.8 Å². The molecule has 0 saturated heterocycles. The molecule has 0 amide bonds. The fourth-order valence-corrected chi connectivity index (χ4v) is 2.95. The summed E-state index contributed by atoms with van der Waals surface area (Å²) in [6.45, 7) is 12.5. The average molecular weight is 349 g/mol. The third-order valence-electron chi connectivity index (χ3n) is 4.44. The van der Waals surface area contributed by atoms with E-state index in [4.69, 9.17) is 4.99 Å². The van der Waals surface area contributed by atoms with E-state index in [9.17, 15) is 0 Å². The number of benzene rings is 1. The molecule has 0 radical (unpaired) electrons. The van der Waals surface area contributed by atoms with Gasteiger partial charge in [-0.3, -0.25) is 9.89 Å². The minimum atomic E-state index is 0.179. The molecule has 0 unspecified atom stereocenters. The van der Waals surface area contributed by atoms with Crippen LogP contribution in [0.4, 0.5) is 0 Å². The molecule has 1 aliphatic rings. The standard InChI is InChI=1S/C19H32N4S/c1-5-20-18(22-15-19(2,3)24-4)21-11-13-23-12-10-16-8-6-7-9-17(16)14-23/h6-9H,5,10-15H2,1-4H3,(H2,20,21,22). The Kier molecular flexibility index (Phi) is 7.43. The van der Waals surface area contributed by atoms with Crippen LogP contribution in [-0.4, -0.2) is 54.6 Å². The highest BCUT2D eigenvalue weighted by atomic mass is 32.2. The summed E-state index contributed by atoms with van der Waals surface area (Å²) in [6.07, 6.45) is 3.30. The van der Waals surface area contributed by atoms with Gasteiger partial charge < -0.3 is 10.6 Å². The number of aliphatic imine (C=N–C) groups is 1. The molecule has 0 spiro atoms. The van der Waals surface area contributed by atoms with Crippen LogP contribution in [0.2, 0.25) is 0 Å². The van der Waals surface area contributed by atoms with Crippen molar-refractivity contribution in [3.63, 3.8) is 0 Å². The van der Waals surface area contributed by atoms with E-state index >= 15 is 0 Å². The predicted molar refractivity (Wildman–Crippen MR) is 107 cm³/mol. The van der Waals surface area contributed by atoms with Gasteiger partial charge in [-0.25, -0.2) is 0 Å². The fourth-order valence-electron chi connectivity index (χ4n) is 2.75. The van der Waals surface area contributed by atoms with Crippen LogP contribution in [0, 0.1) is 0 Å². The van der Waals surface area contributed by atoms with E-state index in [1.54, 1.807) is 0 Å². The number of guanidine groups is 1. The number of hydrogen-bond donors (Lipinski definition) is 2. The van der Waals surface area contributed by atoms with E-state index in [0.717, 1.165) is 51.6 Å². The zero-order valence-corrected chi connectivity index (χ0v) is 16.4. The molecule has 24 heavy (non-hydrogen) atoms. The molecule has 5 heteroatoms. The van der Waals surface area contributed by atoms with Gasteiger partial charge in [-0.15, -0.1) is 0 Å². The molecule has 0 saturated carbocycles. The lowest BCUT2D eigenvalue weighted by Crippen LogP contribution is -2.43. The van der Waals surface area contributed by atoms with Crippen molar-refractivity contribution in [3.8, 4) is 0 Å². The monoisotopic (exact) mass is 348 g/mol. The largest absolute Gasteiger partial charge is 0.357 e. The smallest absolute Gasteiger partial charge is 0.191 e. The Morgan fingerprint density at radius 2 is 2.00 bits per heavy atom. The molecule has 4 nitrogen and oxygen atoms in total. The van der Waals surface area contributed by atoms with Crippen LogP contribution in [0.15, 0.2) is 29.3 Å². The van der Waals surface area contributed by atoms with Gasteiger partial charge in [0.2, 0.25) is 0 Å². The number of hydrogen-bond acceptors (Lipinski definition) is 3. The maximum atomic E-state index is 4.73. The van der Waals surface area contributed by atoms with Crippen molar-refractivity contribution in [2.24, 2.45) is 4.99 Å². The van der Waals surface area contributed by atoms with Gasteiger partial charge in [0.1, 0.15) is 0 Å². The number of nitrogens with zero attached hydrogens (tertiary/aromatic N) is 2. The van der Waals surface area contributed by atoms with E-state index in [1.807, 2.05) is 11.8 Å². The van der Waals surface area contributed by atoms with Crippen molar-refractivity contribution in [3.05, 3.63) is 35.4 Å². The van der Waals surface area contributed by atoms with Gasteiger partial charge in [-0.2, -0.15) is 11.8 Å². The molecule has 134 valence electrons. The van der Waals surface area contributed by atoms with Crippen molar-refractivity contribution < 1.29 is 0 Å². The summed E-state index contributed by atoms with van der Waals surface area (Å²) in [6, 6.07) is 8.80. The number of rotatable bonds is 7. The fraction of sp³-hybridized carbons (Fsp3) is 0.632. The van der Waals surface area contributed by atoms with E-state index < -0.39 is 0 Å². The maximum absolute atomic E-state index is 4.73. The first-order chi connectivity index (χ1) is 11.5. The molecule has 1 aliphatic heterocycles. The summed E-state index contributed by atoms with van der Waals surface area (Å²) in [5.74, 6) is 0.928. The van der Waals surface area contributed by atoms with Crippen LogP contribution in [0.25, 0.3) is 0 Å². The summed E-state index contributed by atoms with van der Waals surface area (Å²) in [7, 11) is 0. The Morgan fingerprint density at radius 3 is 2.71 bits per heavy atom. The predicted octanol–water partition coefficient (Wildman–Crippen LogP) is 2.74. The molecule has 1 aromatic rings. The molecular weight excluding hydrogens is 316 g/mol. The van der Waals surface area contributed by atoms with Crippen LogP contribution < -0.4 is 10.6 Å². The molecule has 0 bridgehead atoms. The van der Waals surface area contributed by atoms with Gasteiger partial charge in [0.15, 0.2) is 5.96 Å². The van der Waals surface area contributed by atoms with Crippen LogP contribution in [0.5, 0.6) is 0 Å². The second kappa shape index (κ2) is 9.33. The van der Waals surface area contributed by atoms with Gasteiger partial charge in [-0.05, 0) is 44.6 Å². The first-order valence-electron chi connectivity index (χ1n) is 8.90. The van der Waals surface area contributed by atoms with E-state index in [-0.39, 0.29) is 4.75 Å². The van der Waals surface area contributed by atoms with Gasteiger partial charge >= 0.3 is 0 Å². The van der Waals surface area contributed by atoms with Gasteiger partial charge in [0.25, 0.3) is 0 Å². The molecular formula is C19H32N4S. The average Bonchev–Trinajstić information content (AvgIpc) is 2.59. The van der Waals surface area contributed by atoms with Gasteiger partial charge in [-0.1, -0.05) is 24.3 Å². The Balaban J connectivity index is 1.80. The third kappa shape index (κ3) is 6.02. The SMILES string of the molecule is CCNC(=NCC(C)(C)SC)NCCN1CCc2ccccc2C1. The summed E-state index contributed by atoms with van der Waals surface area (Å²) >= 11 is 1.86. The Labute approximate surface area is 151 Å². The highest BCUT2D eigenvalue weighted by Gasteiger charge is 2.16. The molecule has 1 heterocycles. The lowest BCUT2D eigenvalue weighted by atomic mass is 10.00. The second-order valence-corrected chi connectivity index (χ2v) is 8.39. The normalized spacial score (nSPS) is 15.9. The highest BCUT2D eigenvalue weighted by molar-refractivity contribution is 7.99. The first kappa shape index (κ1) is 19.1. The van der Waals surface area contributed by atoms with Crippen molar-refractivity contribution in [2.75, 3.05) is 39.0 Å². The van der Waals surface area contributed by atoms with Crippen molar-refractivity contribution in [2.45, 2.75) is 38.5 Å². The Bertz CT molecular complexity index is 542. The van der Waals surface area contributed by atoms with E-state index in [1.165, 1.54) is 11.1 Å². The minimum absolute atomic E-state index is 0.179. The quantitative estimate of drug-likeness (QED) is 0.587. The summed E-state index contributed by atoms with van der Waals surface area (Å²) in [5.41, 5.74) is 2.99. The lowest BCUT2D eigenvalue weighted by molar-refractivity contribution is 0.258. The summed E-state index contributed by atoms with van der Waals surface area (Å²) < 4.78 is 0.179. The molecule has 0 fully saturated rings. The van der Waals surface area contributed by atoms with Crippen LogP contribution in [-0.2, 0) is 13.0 Å². The number of fused-ring (bicyclic) bond motifs is 1. The van der Waals surface area contributed by atoms with Crippen LogP contribution >= 0.6 is 11.8 Å². The van der Waals surface area contributed by atoms with Crippen molar-refractivity contribution in [1.82, 2.24) is 15.5 Å². The van der Waals surface area contributed by atoms with Crippen LogP contribution in [0.1, 0.15) is 31.9 Å². The summed E-state index contributed by atoms with van der Waals surface area (Å²) in [5, 5.41) is 6.82. The minimum Gasteiger partial charge on any atom is -0.357 e. The topological polar surface area (TPSA) is 39.7 Å². The second-order valence-electron chi connectivity index (χ2n) is 6.88. The van der Waals surface area contributed by atoms with E-state index in [0.29, 0.717) is 0 Å². The molecule has 1 aromatic carbocycles. The molecule has 2 N–H and O–H groups in total. The van der Waals surface area contributed by atoms with Crippen molar-refractivity contribution in [1.29, 1.82) is 0 Å². The zero-order valence-electron chi connectivity index (χ0n) is 15.6. The molecule has 0 aliphatic carbocycles. The number of thioether (sulfide) groups is 1. The Morgan fingerprint density at radius 1 is 1.25 bits per heavy atom.